The molecule has 1 aromatic heterocycles. The summed E-state index contributed by atoms with van der Waals surface area (Å²) in [6, 6.07) is 0. The molecule has 0 amide bonds. The van der Waals surface area contributed by atoms with E-state index in [-0.39, 0.29) is 5.54 Å². The van der Waals surface area contributed by atoms with E-state index in [0.717, 1.165) is 12.2 Å². The van der Waals surface area contributed by atoms with Crippen molar-refractivity contribution in [3.8, 4) is 0 Å². The average Bonchev–Trinajstić information content (AvgIpc) is 2.61. The lowest BCUT2D eigenvalue weighted by Crippen LogP contribution is -2.43. The fourth-order valence-corrected chi connectivity index (χ4v) is 1.32. The van der Waals surface area contributed by atoms with E-state index in [9.17, 15) is 0 Å². The molecule has 1 rings (SSSR count). The van der Waals surface area contributed by atoms with Crippen LogP contribution in [0.5, 0.6) is 0 Å². The monoisotopic (exact) mass is 216 g/mol. The highest BCUT2D eigenvalue weighted by molar-refractivity contribution is 6.18. The van der Waals surface area contributed by atoms with E-state index >= 15 is 0 Å². The van der Waals surface area contributed by atoms with Gasteiger partial charge in [-0.2, -0.15) is 5.10 Å². The summed E-state index contributed by atoms with van der Waals surface area (Å²) < 4.78 is 1.76. The molecule has 80 valence electrons. The van der Waals surface area contributed by atoms with Gasteiger partial charge in [-0.3, -0.25) is 4.68 Å². The Hall–Kier alpha value is -0.610. The third kappa shape index (κ3) is 2.69. The maximum atomic E-state index is 5.88. The van der Waals surface area contributed by atoms with E-state index in [1.54, 1.807) is 11.0 Å². The summed E-state index contributed by atoms with van der Waals surface area (Å²) in [5, 5.41) is 7.38. The van der Waals surface area contributed by atoms with Gasteiger partial charge in [0.25, 0.3) is 0 Å². The number of halogens is 1. The van der Waals surface area contributed by atoms with Crippen LogP contribution in [0, 0.1) is 0 Å². The summed E-state index contributed by atoms with van der Waals surface area (Å²) in [6.07, 6.45) is 2.55. The second-order valence-corrected chi connectivity index (χ2v) is 3.97. The molecule has 1 heterocycles. The Balaban J connectivity index is 2.52. The molecule has 14 heavy (non-hydrogen) atoms. The first kappa shape index (κ1) is 11.5. The molecular formula is C9H17ClN4. The average molecular weight is 217 g/mol. The molecule has 0 radical (unpaired) electrons. The molecule has 0 aliphatic rings. The number of alkyl halides is 1. The normalized spacial score (nSPS) is 15.4. The summed E-state index contributed by atoms with van der Waals surface area (Å²) >= 11 is 5.88. The Labute approximate surface area is 89.7 Å². The third-order valence-corrected chi connectivity index (χ3v) is 3.14. The number of hydrogen-bond acceptors (Lipinski definition) is 3. The van der Waals surface area contributed by atoms with Crippen LogP contribution in [-0.2, 0) is 13.6 Å². The maximum Gasteiger partial charge on any atom is 0.140 e. The predicted molar refractivity (Wildman–Crippen MR) is 57.3 cm³/mol. The number of hydrogen-bond donors (Lipinski definition) is 1. The minimum atomic E-state index is -0.0203. The maximum absolute atomic E-state index is 5.88. The van der Waals surface area contributed by atoms with Crippen LogP contribution in [0.25, 0.3) is 0 Å². The van der Waals surface area contributed by atoms with Gasteiger partial charge in [0.2, 0.25) is 0 Å². The second-order valence-electron chi connectivity index (χ2n) is 3.70. The van der Waals surface area contributed by atoms with Crippen LogP contribution in [-0.4, -0.2) is 26.2 Å². The molecule has 1 unspecified atom stereocenters. The highest BCUT2D eigenvalue weighted by atomic mass is 35.5. The van der Waals surface area contributed by atoms with Crippen LogP contribution < -0.4 is 5.32 Å². The van der Waals surface area contributed by atoms with Crippen molar-refractivity contribution < 1.29 is 0 Å². The fraction of sp³-hybridized carbons (Fsp3) is 0.778. The molecule has 0 aromatic carbocycles. The van der Waals surface area contributed by atoms with Gasteiger partial charge in [-0.25, -0.2) is 4.98 Å². The molecule has 1 atom stereocenters. The summed E-state index contributed by atoms with van der Waals surface area (Å²) in [7, 11) is 1.88. The minimum Gasteiger partial charge on any atom is -0.303 e. The first-order valence-corrected chi connectivity index (χ1v) is 5.28. The summed E-state index contributed by atoms with van der Waals surface area (Å²) in [4.78, 5) is 4.13. The fourth-order valence-electron chi connectivity index (χ4n) is 1.04. The van der Waals surface area contributed by atoms with Gasteiger partial charge < -0.3 is 5.32 Å². The SMILES string of the molecule is CCC(C)(CCl)NCc1ncnn1C. The highest BCUT2D eigenvalue weighted by Crippen LogP contribution is 2.11. The molecule has 0 fully saturated rings. The van der Waals surface area contributed by atoms with Gasteiger partial charge in [0.1, 0.15) is 12.2 Å². The Bertz CT molecular complexity index is 280. The summed E-state index contributed by atoms with van der Waals surface area (Å²) in [5.74, 6) is 1.52. The largest absolute Gasteiger partial charge is 0.303 e. The number of nitrogens with zero attached hydrogens (tertiary/aromatic N) is 3. The van der Waals surface area contributed by atoms with Crippen molar-refractivity contribution >= 4 is 11.6 Å². The van der Waals surface area contributed by atoms with E-state index in [1.807, 2.05) is 7.05 Å². The van der Waals surface area contributed by atoms with E-state index < -0.39 is 0 Å². The third-order valence-electron chi connectivity index (χ3n) is 2.55. The standard InChI is InChI=1S/C9H17ClN4/c1-4-9(2,6-10)12-5-8-11-7-13-14(8)3/h7,12H,4-6H2,1-3H3. The molecule has 0 bridgehead atoms. The van der Waals surface area contributed by atoms with Gasteiger partial charge in [0.05, 0.1) is 6.54 Å². The Morgan fingerprint density at radius 1 is 1.64 bits per heavy atom. The molecule has 0 aliphatic carbocycles. The van der Waals surface area contributed by atoms with Crippen molar-refractivity contribution in [2.75, 3.05) is 5.88 Å². The topological polar surface area (TPSA) is 42.7 Å². The van der Waals surface area contributed by atoms with Crippen LogP contribution in [0.1, 0.15) is 26.1 Å². The quantitative estimate of drug-likeness (QED) is 0.755. The van der Waals surface area contributed by atoms with E-state index in [0.29, 0.717) is 12.4 Å². The molecule has 1 aromatic rings. The van der Waals surface area contributed by atoms with Crippen molar-refractivity contribution in [2.24, 2.45) is 7.05 Å². The van der Waals surface area contributed by atoms with Crippen LogP contribution in [0.2, 0.25) is 0 Å². The van der Waals surface area contributed by atoms with Gasteiger partial charge >= 0.3 is 0 Å². The van der Waals surface area contributed by atoms with Crippen LogP contribution in [0.4, 0.5) is 0 Å². The Kier molecular flexibility index (Phi) is 3.89. The smallest absolute Gasteiger partial charge is 0.140 e. The molecule has 0 saturated heterocycles. The summed E-state index contributed by atoms with van der Waals surface area (Å²) in [5.41, 5.74) is -0.0203. The lowest BCUT2D eigenvalue weighted by atomic mass is 10.0. The number of aryl methyl sites for hydroxylation is 1. The van der Waals surface area contributed by atoms with Gasteiger partial charge in [-0.05, 0) is 13.3 Å². The Morgan fingerprint density at radius 3 is 2.79 bits per heavy atom. The van der Waals surface area contributed by atoms with Gasteiger partial charge in [-0.1, -0.05) is 6.92 Å². The van der Waals surface area contributed by atoms with E-state index in [4.69, 9.17) is 11.6 Å². The number of nitrogens with one attached hydrogen (secondary N) is 1. The zero-order valence-electron chi connectivity index (χ0n) is 8.92. The highest BCUT2D eigenvalue weighted by Gasteiger charge is 2.20. The van der Waals surface area contributed by atoms with E-state index in [2.05, 4.69) is 29.2 Å². The van der Waals surface area contributed by atoms with Crippen LogP contribution in [0.3, 0.4) is 0 Å². The van der Waals surface area contributed by atoms with Crippen LogP contribution >= 0.6 is 11.6 Å². The van der Waals surface area contributed by atoms with Crippen molar-refractivity contribution in [2.45, 2.75) is 32.4 Å². The molecule has 0 spiro atoms. The Morgan fingerprint density at radius 2 is 2.36 bits per heavy atom. The van der Waals surface area contributed by atoms with Gasteiger partial charge in [0.15, 0.2) is 0 Å². The molecular weight excluding hydrogens is 200 g/mol. The van der Waals surface area contributed by atoms with Gasteiger partial charge in [0, 0.05) is 18.5 Å². The zero-order valence-corrected chi connectivity index (χ0v) is 9.67. The first-order chi connectivity index (χ1) is 6.61. The number of aromatic nitrogens is 3. The minimum absolute atomic E-state index is 0.0203. The predicted octanol–water partition coefficient (Wildman–Crippen LogP) is 1.31. The molecule has 0 aliphatic heterocycles. The first-order valence-electron chi connectivity index (χ1n) is 4.75. The number of rotatable bonds is 5. The van der Waals surface area contributed by atoms with Crippen LogP contribution in [0.15, 0.2) is 6.33 Å². The molecule has 5 heteroatoms. The van der Waals surface area contributed by atoms with Crippen molar-refractivity contribution in [3.63, 3.8) is 0 Å². The van der Waals surface area contributed by atoms with Crippen molar-refractivity contribution in [1.29, 1.82) is 0 Å². The lowest BCUT2D eigenvalue weighted by Gasteiger charge is -2.26. The van der Waals surface area contributed by atoms with Gasteiger partial charge in [-0.15, -0.1) is 11.6 Å². The zero-order chi connectivity index (χ0) is 10.6. The van der Waals surface area contributed by atoms with E-state index in [1.165, 1.54) is 0 Å². The van der Waals surface area contributed by atoms with Crippen molar-refractivity contribution in [1.82, 2.24) is 20.1 Å². The molecule has 1 N–H and O–H groups in total. The summed E-state index contributed by atoms with van der Waals surface area (Å²) in [6.45, 7) is 4.93. The lowest BCUT2D eigenvalue weighted by molar-refractivity contribution is 0.371. The second kappa shape index (κ2) is 4.75. The molecule has 4 nitrogen and oxygen atoms in total. The van der Waals surface area contributed by atoms with Crippen molar-refractivity contribution in [3.05, 3.63) is 12.2 Å². The molecule has 0 saturated carbocycles.